The monoisotopic (exact) mass is 805 g/mol. The van der Waals surface area contributed by atoms with Crippen LogP contribution in [0.1, 0.15) is 108 Å². The summed E-state index contributed by atoms with van der Waals surface area (Å²) in [5.41, 5.74) is 7.72. The Morgan fingerprint density at radius 3 is 2.14 bits per heavy atom. The van der Waals surface area contributed by atoms with Crippen LogP contribution in [0, 0.1) is 11.3 Å². The Bertz CT molecular complexity index is 1700. The van der Waals surface area contributed by atoms with Crippen LogP contribution in [0.2, 0.25) is 0 Å². The van der Waals surface area contributed by atoms with E-state index in [2.05, 4.69) is 28.2 Å². The summed E-state index contributed by atoms with van der Waals surface area (Å²) in [4.78, 5) is 68.5. The molecule has 0 radical (unpaired) electrons. The van der Waals surface area contributed by atoms with E-state index >= 15 is 0 Å². The van der Waals surface area contributed by atoms with Gasteiger partial charge >= 0.3 is 0 Å². The molecule has 318 valence electrons. The molecule has 1 heterocycles. The van der Waals surface area contributed by atoms with E-state index in [0.717, 1.165) is 19.3 Å². The number of aliphatic hydroxyl groups is 1. The number of hydrogen-bond acceptors (Lipinski definition) is 10. The van der Waals surface area contributed by atoms with Crippen molar-refractivity contribution in [3.8, 4) is 28.7 Å². The maximum absolute atomic E-state index is 14.2. The zero-order chi connectivity index (χ0) is 42.3. The maximum Gasteiger partial charge on any atom is 0.248 e. The van der Waals surface area contributed by atoms with Crippen molar-refractivity contribution in [1.29, 1.82) is 5.26 Å². The number of unbranched alkanes of at least 4 members (excludes halogenated alkanes) is 10. The van der Waals surface area contributed by atoms with E-state index in [4.69, 9.17) is 20.5 Å². The number of nitrogens with one attached hydrogen (secondary N) is 4. The van der Waals surface area contributed by atoms with Gasteiger partial charge in [-0.1, -0.05) is 83.3 Å². The first-order chi connectivity index (χ1) is 28.0. The molecular weight excluding hydrogens is 743 g/mol. The molecule has 2 unspecified atom stereocenters. The summed E-state index contributed by atoms with van der Waals surface area (Å²) < 4.78 is 11.9. The average Bonchev–Trinajstić information content (AvgIpc) is 3.22. The van der Waals surface area contributed by atoms with Gasteiger partial charge in [0.1, 0.15) is 49.4 Å². The van der Waals surface area contributed by atoms with Crippen molar-refractivity contribution < 1.29 is 38.6 Å². The van der Waals surface area contributed by atoms with Gasteiger partial charge in [0.05, 0.1) is 19.2 Å². The van der Waals surface area contributed by atoms with Crippen molar-refractivity contribution >= 4 is 29.5 Å². The molecule has 0 spiro atoms. The normalized spacial score (nSPS) is 16.5. The minimum atomic E-state index is -1.28. The van der Waals surface area contributed by atoms with E-state index < -0.39 is 41.8 Å². The summed E-state index contributed by atoms with van der Waals surface area (Å²) >= 11 is 0. The number of fused-ring (bicyclic) bond motifs is 5. The lowest BCUT2D eigenvalue weighted by Crippen LogP contribution is -2.55. The first-order valence-electron chi connectivity index (χ1n) is 20.7. The van der Waals surface area contributed by atoms with Crippen molar-refractivity contribution in [3.05, 3.63) is 47.5 Å². The molecule has 0 fully saturated rings. The molecule has 2 aromatic rings. The van der Waals surface area contributed by atoms with Crippen LogP contribution in [-0.4, -0.2) is 98.1 Å². The Morgan fingerprint density at radius 1 is 0.879 bits per heavy atom. The molecule has 0 saturated carbocycles. The van der Waals surface area contributed by atoms with Crippen LogP contribution in [0.15, 0.2) is 36.4 Å². The second kappa shape index (κ2) is 25.9. The van der Waals surface area contributed by atoms with E-state index in [9.17, 15) is 29.1 Å². The number of rotatable bonds is 23. The predicted molar refractivity (Wildman–Crippen MR) is 220 cm³/mol. The third-order valence-corrected chi connectivity index (χ3v) is 10.0. The van der Waals surface area contributed by atoms with Gasteiger partial charge in [-0.25, -0.2) is 0 Å². The van der Waals surface area contributed by atoms with Gasteiger partial charge in [0, 0.05) is 37.6 Å². The zero-order valence-corrected chi connectivity index (χ0v) is 34.4. The highest BCUT2D eigenvalue weighted by Gasteiger charge is 2.33. The number of ether oxygens (including phenoxy) is 2. The molecule has 0 aliphatic carbocycles. The van der Waals surface area contributed by atoms with Gasteiger partial charge in [-0.15, -0.1) is 0 Å². The van der Waals surface area contributed by atoms with Crippen LogP contribution >= 0.6 is 0 Å². The summed E-state index contributed by atoms with van der Waals surface area (Å²) in [6.45, 7) is 3.10. The van der Waals surface area contributed by atoms with Gasteiger partial charge < -0.3 is 46.5 Å². The minimum absolute atomic E-state index is 0.0144. The highest BCUT2D eigenvalue weighted by atomic mass is 16.5. The summed E-state index contributed by atoms with van der Waals surface area (Å²) in [5.74, 6) is -2.02. The summed E-state index contributed by atoms with van der Waals surface area (Å²) in [7, 11) is 1.45. The fourth-order valence-corrected chi connectivity index (χ4v) is 6.80. The van der Waals surface area contributed by atoms with Crippen molar-refractivity contribution in [2.24, 2.45) is 5.73 Å². The Hall–Kier alpha value is -5.20. The van der Waals surface area contributed by atoms with Crippen LogP contribution in [0.4, 0.5) is 0 Å². The summed E-state index contributed by atoms with van der Waals surface area (Å²) in [5, 5.41) is 29.2. The van der Waals surface area contributed by atoms with Crippen LogP contribution in [0.3, 0.4) is 0 Å². The summed E-state index contributed by atoms with van der Waals surface area (Å²) in [6.07, 6.45) is 13.0. The Balaban J connectivity index is 1.89. The van der Waals surface area contributed by atoms with E-state index in [0.29, 0.717) is 40.2 Å². The number of amides is 5. The second-order valence-electron chi connectivity index (χ2n) is 14.6. The number of aliphatic hydroxyl groups excluding tert-OH is 1. The third-order valence-electron chi connectivity index (χ3n) is 10.0. The third kappa shape index (κ3) is 15.3. The Morgan fingerprint density at radius 2 is 1.50 bits per heavy atom. The number of likely N-dealkylation sites (N-methyl/N-ethyl adjacent to an activating group) is 1. The molecule has 15 heteroatoms. The molecule has 3 rings (SSSR count). The van der Waals surface area contributed by atoms with Gasteiger partial charge in [0.25, 0.3) is 0 Å². The first-order valence-corrected chi connectivity index (χ1v) is 20.7. The molecule has 5 amide bonds. The van der Waals surface area contributed by atoms with Gasteiger partial charge in [0.2, 0.25) is 29.5 Å². The molecule has 58 heavy (non-hydrogen) atoms. The predicted octanol–water partition coefficient (Wildman–Crippen LogP) is 3.56. The van der Waals surface area contributed by atoms with E-state index in [1.165, 1.54) is 63.8 Å². The number of benzene rings is 2. The molecular formula is C43H63N7O8. The van der Waals surface area contributed by atoms with E-state index in [-0.39, 0.29) is 58.2 Å². The molecule has 4 bridgehead atoms. The minimum Gasteiger partial charge on any atom is -0.492 e. The van der Waals surface area contributed by atoms with Crippen LogP contribution < -0.4 is 36.5 Å². The highest BCUT2D eigenvalue weighted by Crippen LogP contribution is 2.40. The molecule has 1 aliphatic heterocycles. The quantitative estimate of drug-likeness (QED) is 0.0708. The number of hydrogen-bond donors (Lipinski definition) is 6. The fourth-order valence-electron chi connectivity index (χ4n) is 6.80. The van der Waals surface area contributed by atoms with Crippen LogP contribution in [0.25, 0.3) is 11.1 Å². The van der Waals surface area contributed by atoms with Crippen molar-refractivity contribution in [2.75, 3.05) is 46.5 Å². The van der Waals surface area contributed by atoms with E-state index in [1.54, 1.807) is 36.4 Å². The van der Waals surface area contributed by atoms with Crippen LogP contribution in [0.5, 0.6) is 11.5 Å². The number of carbonyl (C=O) groups is 5. The molecule has 0 saturated heterocycles. The summed E-state index contributed by atoms with van der Waals surface area (Å²) in [6, 6.07) is 8.40. The van der Waals surface area contributed by atoms with Crippen molar-refractivity contribution in [2.45, 2.75) is 115 Å². The molecule has 1 aliphatic rings. The van der Waals surface area contributed by atoms with E-state index in [1.807, 2.05) is 6.07 Å². The van der Waals surface area contributed by atoms with Crippen molar-refractivity contribution in [3.63, 3.8) is 0 Å². The molecule has 3 atom stereocenters. The number of carbonyl (C=O) groups excluding carboxylic acids is 5. The Kier molecular flexibility index (Phi) is 21.1. The van der Waals surface area contributed by atoms with Gasteiger partial charge in [0.15, 0.2) is 0 Å². The Labute approximate surface area is 342 Å². The van der Waals surface area contributed by atoms with Gasteiger partial charge in [-0.3, -0.25) is 24.0 Å². The lowest BCUT2D eigenvalue weighted by atomic mass is 9.93. The van der Waals surface area contributed by atoms with Gasteiger partial charge in [-0.05, 0) is 48.7 Å². The second-order valence-corrected chi connectivity index (χ2v) is 14.6. The fraction of sp³-hybridized carbons (Fsp3) is 0.581. The number of nitrogens with zero attached hydrogens (tertiary/aromatic N) is 2. The average molecular weight is 806 g/mol. The van der Waals surface area contributed by atoms with Crippen LogP contribution in [-0.2, 0) is 30.4 Å². The zero-order valence-electron chi connectivity index (χ0n) is 34.4. The number of nitriles is 1. The topological polar surface area (TPSA) is 225 Å². The van der Waals surface area contributed by atoms with Gasteiger partial charge in [-0.2, -0.15) is 5.26 Å². The molecule has 0 aromatic heterocycles. The largest absolute Gasteiger partial charge is 0.492 e. The molecule has 15 nitrogen and oxygen atoms in total. The molecule has 2 aromatic carbocycles. The standard InChI is InChI=1S/C43H63N7O8/c1-4-5-6-7-8-9-10-11-12-13-14-15-38(52)47-29-39(53)50(3)40-32-17-19-37(57-24-21-45)34(28-32)33-26-31(16-18-36(33)58-25-23-51)27-35(42(55)46-22-20-44)49-41(54)30(2)48-43(40)56/h16-19,26,28,30,35,40,51H,4-15,21-25,27,29,45H2,1-3H3,(H,46,55)(H,47,52)(H,48,56)(H,49,54)/t30-,35?,40?/m0/s1. The first kappa shape index (κ1) is 47.2. The lowest BCUT2D eigenvalue weighted by molar-refractivity contribution is -0.140. The maximum atomic E-state index is 14.2. The van der Waals surface area contributed by atoms with Crippen molar-refractivity contribution in [1.82, 2.24) is 26.2 Å². The smallest absolute Gasteiger partial charge is 0.248 e. The number of nitrogens with two attached hydrogens (primary N) is 1. The molecule has 7 N–H and O–H groups in total. The SMILES string of the molecule is CCCCCCCCCCCCCC(=O)NCC(=O)N(C)C1C(=O)N[C@@H](C)C(=O)NC(C(=O)NCC#N)Cc2ccc(OCCO)c(c2)-c2cc1ccc2OCCN. The highest BCUT2D eigenvalue weighted by molar-refractivity contribution is 5.95. The lowest BCUT2D eigenvalue weighted by Gasteiger charge is -2.30.